The number of hydrogen-bond acceptors (Lipinski definition) is 5. The van der Waals surface area contributed by atoms with Crippen LogP contribution in [0.25, 0.3) is 0 Å². The van der Waals surface area contributed by atoms with Crippen molar-refractivity contribution in [3.05, 3.63) is 17.6 Å². The minimum Gasteiger partial charge on any atom is -0.409 e. The molecule has 0 unspecified atom stereocenters. The van der Waals surface area contributed by atoms with Crippen LogP contribution in [-0.4, -0.2) is 34.1 Å². The fourth-order valence-corrected chi connectivity index (χ4v) is 2.04. The van der Waals surface area contributed by atoms with Gasteiger partial charge in [0.05, 0.1) is 5.56 Å². The third kappa shape index (κ3) is 2.46. The molecule has 0 saturated carbocycles. The highest BCUT2D eigenvalue weighted by Crippen LogP contribution is 2.21. The Kier molecular flexibility index (Phi) is 3.41. The molecule has 0 bridgehead atoms. The topological polar surface area (TPSA) is 87.6 Å². The number of piperidine rings is 1. The van der Waals surface area contributed by atoms with Gasteiger partial charge in [0.25, 0.3) is 0 Å². The zero-order valence-corrected chi connectivity index (χ0v) is 9.93. The van der Waals surface area contributed by atoms with E-state index in [1.54, 1.807) is 6.20 Å². The van der Waals surface area contributed by atoms with Gasteiger partial charge in [-0.1, -0.05) is 5.16 Å². The zero-order chi connectivity index (χ0) is 12.3. The molecule has 0 amide bonds. The Hall–Kier alpha value is -1.85. The molecule has 2 heterocycles. The number of rotatable bonds is 2. The molecule has 1 saturated heterocycles. The number of hydrogen-bond donors (Lipinski definition) is 2. The first-order valence-electron chi connectivity index (χ1n) is 5.79. The molecular formula is C11H17N5O. The summed E-state index contributed by atoms with van der Waals surface area (Å²) in [6, 6.07) is 0. The van der Waals surface area contributed by atoms with Crippen molar-refractivity contribution in [3.8, 4) is 0 Å². The normalized spacial score (nSPS) is 17.2. The van der Waals surface area contributed by atoms with Crippen molar-refractivity contribution in [1.29, 1.82) is 0 Å². The summed E-state index contributed by atoms with van der Waals surface area (Å²) < 4.78 is 0. The van der Waals surface area contributed by atoms with Crippen molar-refractivity contribution in [3.63, 3.8) is 0 Å². The predicted octanol–water partition coefficient (Wildman–Crippen LogP) is 0.870. The molecule has 17 heavy (non-hydrogen) atoms. The predicted molar refractivity (Wildman–Crippen MR) is 65.3 cm³/mol. The van der Waals surface area contributed by atoms with E-state index in [1.165, 1.54) is 6.42 Å². The van der Waals surface area contributed by atoms with Crippen LogP contribution in [-0.2, 0) is 0 Å². The smallest absolute Gasteiger partial charge is 0.175 e. The first-order chi connectivity index (χ1) is 8.22. The lowest BCUT2D eigenvalue weighted by Gasteiger charge is -2.29. The molecule has 1 aromatic rings. The third-order valence-electron chi connectivity index (χ3n) is 2.93. The van der Waals surface area contributed by atoms with Gasteiger partial charge in [-0.3, -0.25) is 0 Å². The highest BCUT2D eigenvalue weighted by atomic mass is 16.4. The number of aryl methyl sites for hydroxylation is 1. The Morgan fingerprint density at radius 2 is 2.12 bits per heavy atom. The Balaban J connectivity index is 2.38. The summed E-state index contributed by atoms with van der Waals surface area (Å²) in [5, 5.41) is 11.8. The van der Waals surface area contributed by atoms with Gasteiger partial charge in [-0.15, -0.1) is 0 Å². The van der Waals surface area contributed by atoms with E-state index in [9.17, 15) is 0 Å². The van der Waals surface area contributed by atoms with Crippen LogP contribution in [0.4, 0.5) is 5.82 Å². The number of nitrogens with zero attached hydrogens (tertiary/aromatic N) is 4. The average molecular weight is 235 g/mol. The maximum Gasteiger partial charge on any atom is 0.175 e. The Morgan fingerprint density at radius 1 is 1.41 bits per heavy atom. The van der Waals surface area contributed by atoms with Gasteiger partial charge in [-0.2, -0.15) is 0 Å². The molecule has 1 aromatic heterocycles. The molecule has 0 spiro atoms. The number of nitrogens with two attached hydrogens (primary N) is 1. The van der Waals surface area contributed by atoms with Gasteiger partial charge in [0.1, 0.15) is 11.6 Å². The summed E-state index contributed by atoms with van der Waals surface area (Å²) in [7, 11) is 0. The van der Waals surface area contributed by atoms with E-state index in [1.807, 2.05) is 6.92 Å². The van der Waals surface area contributed by atoms with Crippen molar-refractivity contribution >= 4 is 11.7 Å². The molecule has 0 radical (unpaired) electrons. The van der Waals surface area contributed by atoms with E-state index in [0.717, 1.165) is 31.7 Å². The lowest BCUT2D eigenvalue weighted by molar-refractivity contribution is 0.318. The zero-order valence-electron chi connectivity index (χ0n) is 9.93. The highest BCUT2D eigenvalue weighted by molar-refractivity contribution is 6.01. The Morgan fingerprint density at radius 3 is 2.76 bits per heavy atom. The van der Waals surface area contributed by atoms with Crippen molar-refractivity contribution in [2.75, 3.05) is 18.0 Å². The quantitative estimate of drug-likeness (QED) is 0.344. The van der Waals surface area contributed by atoms with Crippen molar-refractivity contribution in [1.82, 2.24) is 9.97 Å². The van der Waals surface area contributed by atoms with Crippen molar-refractivity contribution in [2.45, 2.75) is 26.2 Å². The van der Waals surface area contributed by atoms with E-state index in [4.69, 9.17) is 10.9 Å². The maximum atomic E-state index is 8.77. The minimum absolute atomic E-state index is 0.0607. The van der Waals surface area contributed by atoms with Crippen molar-refractivity contribution in [2.24, 2.45) is 10.9 Å². The van der Waals surface area contributed by atoms with Crippen molar-refractivity contribution < 1.29 is 5.21 Å². The monoisotopic (exact) mass is 235 g/mol. The fraction of sp³-hybridized carbons (Fsp3) is 0.545. The van der Waals surface area contributed by atoms with Gasteiger partial charge in [-0.25, -0.2) is 9.97 Å². The molecule has 3 N–H and O–H groups in total. The molecule has 0 aromatic carbocycles. The average Bonchev–Trinajstić information content (AvgIpc) is 2.39. The summed E-state index contributed by atoms with van der Waals surface area (Å²) in [5.74, 6) is 1.53. The molecule has 6 heteroatoms. The number of amidine groups is 1. The first-order valence-corrected chi connectivity index (χ1v) is 5.79. The van der Waals surface area contributed by atoms with Crippen LogP contribution in [0.15, 0.2) is 11.4 Å². The van der Waals surface area contributed by atoms with Crippen LogP contribution in [0.5, 0.6) is 0 Å². The van der Waals surface area contributed by atoms with E-state index in [-0.39, 0.29) is 5.84 Å². The van der Waals surface area contributed by atoms with Gasteiger partial charge >= 0.3 is 0 Å². The Bertz CT molecular complexity index is 426. The second-order valence-electron chi connectivity index (χ2n) is 4.19. The van der Waals surface area contributed by atoms with Crippen LogP contribution in [0.1, 0.15) is 30.7 Å². The van der Waals surface area contributed by atoms with Gasteiger partial charge in [-0.05, 0) is 26.2 Å². The molecule has 0 atom stereocenters. The van der Waals surface area contributed by atoms with Gasteiger partial charge < -0.3 is 15.8 Å². The van der Waals surface area contributed by atoms with Crippen LogP contribution in [0, 0.1) is 6.92 Å². The van der Waals surface area contributed by atoms with E-state index in [2.05, 4.69) is 20.0 Å². The van der Waals surface area contributed by atoms with Gasteiger partial charge in [0.15, 0.2) is 5.84 Å². The van der Waals surface area contributed by atoms with E-state index >= 15 is 0 Å². The van der Waals surface area contributed by atoms with E-state index in [0.29, 0.717) is 11.4 Å². The maximum absolute atomic E-state index is 8.77. The minimum atomic E-state index is 0.0607. The molecule has 92 valence electrons. The lowest BCUT2D eigenvalue weighted by Crippen LogP contribution is -2.33. The number of oxime groups is 1. The SMILES string of the molecule is Cc1ncc(C(N)=NO)c(N2CCCCC2)n1. The second kappa shape index (κ2) is 4.99. The summed E-state index contributed by atoms with van der Waals surface area (Å²) in [6.07, 6.45) is 5.16. The van der Waals surface area contributed by atoms with Crippen LogP contribution >= 0.6 is 0 Å². The van der Waals surface area contributed by atoms with Crippen LogP contribution in [0.2, 0.25) is 0 Å². The standard InChI is InChI=1S/C11H17N5O/c1-8-13-7-9(10(12)15-17)11(14-8)16-5-3-2-4-6-16/h7,17H,2-6H2,1H3,(H2,12,15). The molecule has 1 aliphatic rings. The summed E-state index contributed by atoms with van der Waals surface area (Å²) >= 11 is 0. The molecule has 2 rings (SSSR count). The van der Waals surface area contributed by atoms with E-state index < -0.39 is 0 Å². The van der Waals surface area contributed by atoms with Crippen LogP contribution in [0.3, 0.4) is 0 Å². The molecular weight excluding hydrogens is 218 g/mol. The highest BCUT2D eigenvalue weighted by Gasteiger charge is 2.18. The van der Waals surface area contributed by atoms with Gasteiger partial charge in [0, 0.05) is 19.3 Å². The second-order valence-corrected chi connectivity index (χ2v) is 4.19. The number of aromatic nitrogens is 2. The molecule has 6 nitrogen and oxygen atoms in total. The van der Waals surface area contributed by atoms with Gasteiger partial charge in [0.2, 0.25) is 0 Å². The largest absolute Gasteiger partial charge is 0.409 e. The summed E-state index contributed by atoms with van der Waals surface area (Å²) in [4.78, 5) is 10.7. The molecule has 1 aliphatic heterocycles. The van der Waals surface area contributed by atoms with Crippen LogP contribution < -0.4 is 10.6 Å². The first kappa shape index (κ1) is 11.6. The third-order valence-corrected chi connectivity index (χ3v) is 2.93. The Labute approximate surface area is 100 Å². The summed E-state index contributed by atoms with van der Waals surface area (Å²) in [6.45, 7) is 3.76. The lowest BCUT2D eigenvalue weighted by atomic mass is 10.1. The molecule has 0 aliphatic carbocycles. The fourth-order valence-electron chi connectivity index (χ4n) is 2.04. The summed E-state index contributed by atoms with van der Waals surface area (Å²) in [5.41, 5.74) is 6.24. The number of anilines is 1. The molecule has 1 fully saturated rings.